The van der Waals surface area contributed by atoms with Crippen LogP contribution in [-0.2, 0) is 0 Å². The van der Waals surface area contributed by atoms with Gasteiger partial charge < -0.3 is 22.1 Å². The minimum atomic E-state index is 0.546. The van der Waals surface area contributed by atoms with Gasteiger partial charge in [0.2, 0.25) is 0 Å². The lowest BCUT2D eigenvalue weighted by molar-refractivity contribution is 0.622. The zero-order valence-corrected chi connectivity index (χ0v) is 5.69. The summed E-state index contributed by atoms with van der Waals surface area (Å²) in [6.07, 6.45) is 0. The highest BCUT2D eigenvalue weighted by Gasteiger charge is 1.81. The van der Waals surface area contributed by atoms with Crippen LogP contribution in [0.15, 0.2) is 0 Å². The molecule has 0 aromatic carbocycles. The Balaban J connectivity index is 2.60. The summed E-state index contributed by atoms with van der Waals surface area (Å²) >= 11 is 0. The molecule has 0 aromatic rings. The molecular formula is C5H16N4. The van der Waals surface area contributed by atoms with E-state index in [0.29, 0.717) is 13.2 Å². The normalized spacial score (nSPS) is 10.0. The molecule has 0 heterocycles. The number of nitrogens with one attached hydrogen (secondary N) is 2. The second-order valence-corrected chi connectivity index (χ2v) is 1.74. The van der Waals surface area contributed by atoms with Crippen LogP contribution in [0.5, 0.6) is 0 Å². The van der Waals surface area contributed by atoms with E-state index in [0.717, 1.165) is 19.6 Å². The number of nitrogens with two attached hydrogens (primary N) is 2. The molecule has 9 heavy (non-hydrogen) atoms. The van der Waals surface area contributed by atoms with E-state index in [-0.39, 0.29) is 0 Å². The van der Waals surface area contributed by atoms with Crippen LogP contribution >= 0.6 is 0 Å². The second-order valence-electron chi connectivity index (χ2n) is 1.74. The van der Waals surface area contributed by atoms with Gasteiger partial charge in [0.05, 0.1) is 0 Å². The Morgan fingerprint density at radius 2 is 1.56 bits per heavy atom. The van der Waals surface area contributed by atoms with Crippen molar-refractivity contribution in [2.75, 3.05) is 32.8 Å². The summed E-state index contributed by atoms with van der Waals surface area (Å²) in [4.78, 5) is 0. The van der Waals surface area contributed by atoms with Crippen molar-refractivity contribution in [3.63, 3.8) is 0 Å². The van der Waals surface area contributed by atoms with E-state index < -0.39 is 0 Å². The van der Waals surface area contributed by atoms with Crippen molar-refractivity contribution in [1.82, 2.24) is 10.6 Å². The van der Waals surface area contributed by atoms with Crippen LogP contribution in [0.2, 0.25) is 0 Å². The first-order valence-electron chi connectivity index (χ1n) is 3.23. The predicted molar refractivity (Wildman–Crippen MR) is 39.0 cm³/mol. The zero-order chi connectivity index (χ0) is 6.95. The monoisotopic (exact) mass is 132 g/mol. The van der Waals surface area contributed by atoms with Crippen LogP contribution in [0.3, 0.4) is 0 Å². The minimum Gasteiger partial charge on any atom is -0.329 e. The molecule has 0 aliphatic carbocycles. The summed E-state index contributed by atoms with van der Waals surface area (Å²) in [5.74, 6) is 0. The maximum Gasteiger partial charge on any atom is 0.0429 e. The SMILES string of the molecule is NCCNCCNCN. The Morgan fingerprint density at radius 1 is 0.889 bits per heavy atom. The second kappa shape index (κ2) is 7.84. The van der Waals surface area contributed by atoms with Crippen molar-refractivity contribution < 1.29 is 0 Å². The molecular weight excluding hydrogens is 116 g/mol. The van der Waals surface area contributed by atoms with Gasteiger partial charge in [-0.15, -0.1) is 0 Å². The highest BCUT2D eigenvalue weighted by atomic mass is 15.0. The lowest BCUT2D eigenvalue weighted by atomic mass is 10.5. The van der Waals surface area contributed by atoms with Crippen LogP contribution in [0.25, 0.3) is 0 Å². The van der Waals surface area contributed by atoms with Crippen LogP contribution in [0.4, 0.5) is 0 Å². The van der Waals surface area contributed by atoms with Gasteiger partial charge in [0, 0.05) is 32.8 Å². The summed E-state index contributed by atoms with van der Waals surface area (Å²) in [5, 5.41) is 6.11. The van der Waals surface area contributed by atoms with E-state index in [4.69, 9.17) is 11.5 Å². The Labute approximate surface area is 56.0 Å². The highest BCUT2D eigenvalue weighted by molar-refractivity contribution is 4.49. The molecule has 0 rings (SSSR count). The smallest absolute Gasteiger partial charge is 0.0429 e. The third-order valence-electron chi connectivity index (χ3n) is 0.944. The van der Waals surface area contributed by atoms with E-state index in [1.165, 1.54) is 0 Å². The summed E-state index contributed by atoms with van der Waals surface area (Å²) in [6, 6.07) is 0. The third-order valence-corrected chi connectivity index (χ3v) is 0.944. The molecule has 6 N–H and O–H groups in total. The molecule has 0 aromatic heterocycles. The molecule has 4 nitrogen and oxygen atoms in total. The molecule has 0 unspecified atom stereocenters. The van der Waals surface area contributed by atoms with Gasteiger partial charge in [-0.05, 0) is 0 Å². The molecule has 56 valence electrons. The van der Waals surface area contributed by atoms with Crippen LogP contribution < -0.4 is 22.1 Å². The molecule has 0 aliphatic heterocycles. The van der Waals surface area contributed by atoms with E-state index in [1.54, 1.807) is 0 Å². The van der Waals surface area contributed by atoms with Gasteiger partial charge in [0.25, 0.3) is 0 Å². The quantitative estimate of drug-likeness (QED) is 0.250. The molecule has 4 heteroatoms. The predicted octanol–water partition coefficient (Wildman–Crippen LogP) is -1.96. The van der Waals surface area contributed by atoms with Crippen LogP contribution in [0.1, 0.15) is 0 Å². The van der Waals surface area contributed by atoms with Crippen molar-refractivity contribution in [2.24, 2.45) is 11.5 Å². The first kappa shape index (κ1) is 8.84. The lowest BCUT2D eigenvalue weighted by Crippen LogP contribution is -2.33. The maximum atomic E-state index is 5.24. The molecule has 0 saturated carbocycles. The summed E-state index contributed by atoms with van der Waals surface area (Å²) < 4.78 is 0. The van der Waals surface area contributed by atoms with E-state index in [9.17, 15) is 0 Å². The largest absolute Gasteiger partial charge is 0.329 e. The van der Waals surface area contributed by atoms with Crippen LogP contribution in [0, 0.1) is 0 Å². The van der Waals surface area contributed by atoms with Gasteiger partial charge in [-0.1, -0.05) is 0 Å². The standard InChI is InChI=1S/C5H16N4/c6-1-2-8-3-4-9-5-7/h8-9H,1-7H2. The third kappa shape index (κ3) is 7.84. The molecule has 0 spiro atoms. The maximum absolute atomic E-state index is 5.24. The summed E-state index contributed by atoms with van der Waals surface area (Å²) in [6.45, 7) is 3.98. The van der Waals surface area contributed by atoms with Crippen molar-refractivity contribution in [2.45, 2.75) is 0 Å². The zero-order valence-electron chi connectivity index (χ0n) is 5.69. The topological polar surface area (TPSA) is 76.1 Å². The molecule has 0 radical (unpaired) electrons. The van der Waals surface area contributed by atoms with Gasteiger partial charge >= 0.3 is 0 Å². The van der Waals surface area contributed by atoms with Gasteiger partial charge in [0.1, 0.15) is 0 Å². The van der Waals surface area contributed by atoms with Crippen LogP contribution in [-0.4, -0.2) is 32.8 Å². The Bertz CT molecular complexity index is 42.2. The molecule has 0 aliphatic rings. The van der Waals surface area contributed by atoms with Gasteiger partial charge in [-0.25, -0.2) is 0 Å². The molecule has 0 fully saturated rings. The fourth-order valence-corrected chi connectivity index (χ4v) is 0.506. The van der Waals surface area contributed by atoms with E-state index >= 15 is 0 Å². The number of hydrogen-bond donors (Lipinski definition) is 4. The molecule has 0 amide bonds. The van der Waals surface area contributed by atoms with E-state index in [1.807, 2.05) is 0 Å². The minimum absolute atomic E-state index is 0.546. The molecule has 0 saturated heterocycles. The Kier molecular flexibility index (Phi) is 7.70. The number of rotatable bonds is 6. The van der Waals surface area contributed by atoms with Gasteiger partial charge in [-0.3, -0.25) is 0 Å². The first-order chi connectivity index (χ1) is 4.41. The van der Waals surface area contributed by atoms with Gasteiger partial charge in [-0.2, -0.15) is 0 Å². The molecule has 0 atom stereocenters. The summed E-state index contributed by atoms with van der Waals surface area (Å²) in [7, 11) is 0. The molecule has 0 bridgehead atoms. The van der Waals surface area contributed by atoms with Crippen molar-refractivity contribution >= 4 is 0 Å². The van der Waals surface area contributed by atoms with Crippen molar-refractivity contribution in [3.05, 3.63) is 0 Å². The van der Waals surface area contributed by atoms with Gasteiger partial charge in [0.15, 0.2) is 0 Å². The van der Waals surface area contributed by atoms with Crippen molar-refractivity contribution in [1.29, 1.82) is 0 Å². The van der Waals surface area contributed by atoms with E-state index in [2.05, 4.69) is 10.6 Å². The van der Waals surface area contributed by atoms with Crippen molar-refractivity contribution in [3.8, 4) is 0 Å². The Morgan fingerprint density at radius 3 is 2.11 bits per heavy atom. The fourth-order valence-electron chi connectivity index (χ4n) is 0.506. The fraction of sp³-hybridized carbons (Fsp3) is 1.00. The lowest BCUT2D eigenvalue weighted by Gasteiger charge is -2.01. The Hall–Kier alpha value is -0.160. The number of hydrogen-bond acceptors (Lipinski definition) is 4. The highest BCUT2D eigenvalue weighted by Crippen LogP contribution is 1.54. The average molecular weight is 132 g/mol. The summed E-state index contributed by atoms with van der Waals surface area (Å²) in [5.41, 5.74) is 10.4. The average Bonchev–Trinajstić information content (AvgIpc) is 1.89. The first-order valence-corrected chi connectivity index (χ1v) is 3.23.